The molecule has 2 aromatic carbocycles. The third kappa shape index (κ3) is 3.65. The fourth-order valence-electron chi connectivity index (χ4n) is 2.73. The lowest BCUT2D eigenvalue weighted by atomic mass is 9.95. The van der Waals surface area contributed by atoms with E-state index in [0.29, 0.717) is 19.0 Å². The first kappa shape index (κ1) is 15.4. The van der Waals surface area contributed by atoms with Gasteiger partial charge in [0.25, 0.3) is 0 Å². The molecule has 0 fully saturated rings. The van der Waals surface area contributed by atoms with Crippen LogP contribution in [0.15, 0.2) is 48.5 Å². The van der Waals surface area contributed by atoms with Crippen molar-refractivity contribution in [2.75, 3.05) is 18.5 Å². The minimum Gasteiger partial charge on any atom is -0.490 e. The molecule has 0 saturated carbocycles. The van der Waals surface area contributed by atoms with E-state index < -0.39 is 0 Å². The van der Waals surface area contributed by atoms with Crippen LogP contribution in [0.2, 0.25) is 0 Å². The number of hydrogen-bond donors (Lipinski definition) is 1. The lowest BCUT2D eigenvalue weighted by Crippen LogP contribution is -2.20. The van der Waals surface area contributed by atoms with E-state index in [4.69, 9.17) is 9.47 Å². The quantitative estimate of drug-likeness (QED) is 0.929. The van der Waals surface area contributed by atoms with E-state index in [1.807, 2.05) is 55.5 Å². The number of nitrogens with one attached hydrogen (secondary N) is 1. The Kier molecular flexibility index (Phi) is 4.81. The van der Waals surface area contributed by atoms with Crippen LogP contribution in [0, 0.1) is 0 Å². The molecular weight excluding hydrogens is 290 g/mol. The SMILES string of the molecule is CCC(C(=O)Nc1ccc2c(c1)OCCCO2)c1ccccc1. The second-order valence-electron chi connectivity index (χ2n) is 5.57. The Morgan fingerprint density at radius 1 is 1.09 bits per heavy atom. The highest BCUT2D eigenvalue weighted by Crippen LogP contribution is 2.32. The summed E-state index contributed by atoms with van der Waals surface area (Å²) >= 11 is 0. The number of amides is 1. The Labute approximate surface area is 136 Å². The second-order valence-corrected chi connectivity index (χ2v) is 5.57. The molecule has 1 aliphatic rings. The summed E-state index contributed by atoms with van der Waals surface area (Å²) in [5.41, 5.74) is 1.76. The van der Waals surface area contributed by atoms with Crippen LogP contribution in [0.3, 0.4) is 0 Å². The second kappa shape index (κ2) is 7.18. The van der Waals surface area contributed by atoms with Crippen LogP contribution in [0.25, 0.3) is 0 Å². The predicted octanol–water partition coefficient (Wildman–Crippen LogP) is 3.98. The standard InChI is InChI=1S/C19H21NO3/c1-2-16(14-7-4-3-5-8-14)19(21)20-15-9-10-17-18(13-15)23-12-6-11-22-17/h3-5,7-10,13,16H,2,6,11-12H2,1H3,(H,20,21). The van der Waals surface area contributed by atoms with E-state index in [2.05, 4.69) is 5.32 Å². The maximum absolute atomic E-state index is 12.6. The van der Waals surface area contributed by atoms with E-state index >= 15 is 0 Å². The summed E-state index contributed by atoms with van der Waals surface area (Å²) in [6.07, 6.45) is 1.61. The van der Waals surface area contributed by atoms with Gasteiger partial charge >= 0.3 is 0 Å². The number of anilines is 1. The zero-order valence-electron chi connectivity index (χ0n) is 13.2. The van der Waals surface area contributed by atoms with Gasteiger partial charge in [-0.1, -0.05) is 37.3 Å². The minimum atomic E-state index is -0.160. The van der Waals surface area contributed by atoms with E-state index in [9.17, 15) is 4.79 Å². The molecule has 0 saturated heterocycles. The van der Waals surface area contributed by atoms with Gasteiger partial charge in [0.1, 0.15) is 0 Å². The van der Waals surface area contributed by atoms with Crippen molar-refractivity contribution >= 4 is 11.6 Å². The van der Waals surface area contributed by atoms with Crippen LogP contribution < -0.4 is 14.8 Å². The molecule has 1 aliphatic heterocycles. The zero-order valence-corrected chi connectivity index (χ0v) is 13.2. The van der Waals surface area contributed by atoms with Crippen molar-refractivity contribution in [1.29, 1.82) is 0 Å². The largest absolute Gasteiger partial charge is 0.490 e. The maximum Gasteiger partial charge on any atom is 0.231 e. The Morgan fingerprint density at radius 3 is 2.57 bits per heavy atom. The van der Waals surface area contributed by atoms with Gasteiger partial charge in [-0.2, -0.15) is 0 Å². The lowest BCUT2D eigenvalue weighted by Gasteiger charge is -2.16. The average molecular weight is 311 g/mol. The van der Waals surface area contributed by atoms with E-state index in [1.54, 1.807) is 0 Å². The Bertz CT molecular complexity index is 670. The van der Waals surface area contributed by atoms with Gasteiger partial charge in [0.2, 0.25) is 5.91 Å². The molecule has 0 aromatic heterocycles. The molecule has 3 rings (SSSR count). The van der Waals surface area contributed by atoms with Gasteiger partial charge in [0.15, 0.2) is 11.5 Å². The van der Waals surface area contributed by atoms with Gasteiger partial charge in [-0.05, 0) is 24.1 Å². The highest BCUT2D eigenvalue weighted by molar-refractivity contribution is 5.96. The molecule has 1 heterocycles. The van der Waals surface area contributed by atoms with Crippen molar-refractivity contribution in [3.63, 3.8) is 0 Å². The summed E-state index contributed by atoms with van der Waals surface area (Å²) in [5.74, 6) is 1.25. The highest BCUT2D eigenvalue weighted by Gasteiger charge is 2.19. The molecule has 2 aromatic rings. The third-order valence-electron chi connectivity index (χ3n) is 3.94. The molecule has 0 bridgehead atoms. The predicted molar refractivity (Wildman–Crippen MR) is 90.2 cm³/mol. The number of fused-ring (bicyclic) bond motifs is 1. The monoisotopic (exact) mass is 311 g/mol. The molecule has 0 radical (unpaired) electrons. The van der Waals surface area contributed by atoms with Gasteiger partial charge in [-0.25, -0.2) is 0 Å². The molecule has 0 spiro atoms. The Balaban J connectivity index is 1.75. The first-order valence-corrected chi connectivity index (χ1v) is 8.03. The fraction of sp³-hybridized carbons (Fsp3) is 0.316. The summed E-state index contributed by atoms with van der Waals surface area (Å²) in [6.45, 7) is 3.31. The number of benzene rings is 2. The van der Waals surface area contributed by atoms with E-state index in [1.165, 1.54) is 0 Å². The van der Waals surface area contributed by atoms with Gasteiger partial charge < -0.3 is 14.8 Å². The molecule has 0 aliphatic carbocycles. The van der Waals surface area contributed by atoms with Crippen LogP contribution >= 0.6 is 0 Å². The normalized spacial score (nSPS) is 14.7. The summed E-state index contributed by atoms with van der Waals surface area (Å²) in [7, 11) is 0. The summed E-state index contributed by atoms with van der Waals surface area (Å²) < 4.78 is 11.3. The lowest BCUT2D eigenvalue weighted by molar-refractivity contribution is -0.117. The average Bonchev–Trinajstić information content (AvgIpc) is 2.81. The van der Waals surface area contributed by atoms with E-state index in [-0.39, 0.29) is 11.8 Å². The molecule has 23 heavy (non-hydrogen) atoms. The smallest absolute Gasteiger partial charge is 0.231 e. The van der Waals surface area contributed by atoms with Crippen LogP contribution in [-0.2, 0) is 4.79 Å². The zero-order chi connectivity index (χ0) is 16.1. The van der Waals surface area contributed by atoms with Crippen molar-refractivity contribution in [3.05, 3.63) is 54.1 Å². The van der Waals surface area contributed by atoms with Crippen molar-refractivity contribution in [2.45, 2.75) is 25.7 Å². The molecule has 4 nitrogen and oxygen atoms in total. The summed E-state index contributed by atoms with van der Waals surface area (Å²) in [6, 6.07) is 15.4. The van der Waals surface area contributed by atoms with Crippen LogP contribution in [-0.4, -0.2) is 19.1 Å². The molecule has 1 N–H and O–H groups in total. The van der Waals surface area contributed by atoms with Crippen molar-refractivity contribution in [2.24, 2.45) is 0 Å². The van der Waals surface area contributed by atoms with Crippen LogP contribution in [0.4, 0.5) is 5.69 Å². The van der Waals surface area contributed by atoms with E-state index in [0.717, 1.165) is 29.8 Å². The number of carbonyl (C=O) groups is 1. The molecule has 1 unspecified atom stereocenters. The maximum atomic E-state index is 12.6. The summed E-state index contributed by atoms with van der Waals surface area (Å²) in [5, 5.41) is 2.99. The Morgan fingerprint density at radius 2 is 1.83 bits per heavy atom. The van der Waals surface area contributed by atoms with Gasteiger partial charge in [0.05, 0.1) is 19.1 Å². The fourth-order valence-corrected chi connectivity index (χ4v) is 2.73. The first-order valence-electron chi connectivity index (χ1n) is 8.03. The van der Waals surface area contributed by atoms with Gasteiger partial charge in [0, 0.05) is 18.2 Å². The first-order chi connectivity index (χ1) is 11.3. The number of rotatable bonds is 4. The highest BCUT2D eigenvalue weighted by atomic mass is 16.5. The molecule has 1 atom stereocenters. The number of ether oxygens (including phenoxy) is 2. The van der Waals surface area contributed by atoms with Crippen LogP contribution in [0.5, 0.6) is 11.5 Å². The third-order valence-corrected chi connectivity index (χ3v) is 3.94. The molecule has 4 heteroatoms. The molecule has 1 amide bonds. The topological polar surface area (TPSA) is 47.6 Å². The van der Waals surface area contributed by atoms with Gasteiger partial charge in [-0.3, -0.25) is 4.79 Å². The number of hydrogen-bond acceptors (Lipinski definition) is 3. The minimum absolute atomic E-state index is 0.00631. The van der Waals surface area contributed by atoms with Crippen molar-refractivity contribution in [3.8, 4) is 11.5 Å². The van der Waals surface area contributed by atoms with Crippen LogP contribution in [0.1, 0.15) is 31.2 Å². The molecular formula is C19H21NO3. The number of carbonyl (C=O) groups excluding carboxylic acids is 1. The van der Waals surface area contributed by atoms with Gasteiger partial charge in [-0.15, -0.1) is 0 Å². The molecule has 120 valence electrons. The summed E-state index contributed by atoms with van der Waals surface area (Å²) in [4.78, 5) is 12.6. The van der Waals surface area contributed by atoms with Crippen molar-refractivity contribution in [1.82, 2.24) is 0 Å². The van der Waals surface area contributed by atoms with Crippen molar-refractivity contribution < 1.29 is 14.3 Å². The Hall–Kier alpha value is -2.49.